The number of nitrogens with one attached hydrogen (secondary N) is 6. The third-order valence-electron chi connectivity index (χ3n) is 30.3. The lowest BCUT2D eigenvalue weighted by Crippen LogP contribution is -2.36. The van der Waals surface area contributed by atoms with Gasteiger partial charge < -0.3 is 28.8 Å². The van der Waals surface area contributed by atoms with Crippen LogP contribution in [-0.4, -0.2) is 194 Å². The van der Waals surface area contributed by atoms with Crippen molar-refractivity contribution in [3.05, 3.63) is 105 Å². The Hall–Kier alpha value is -10.3. The topological polar surface area (TPSA) is 425 Å². The van der Waals surface area contributed by atoms with Gasteiger partial charge in [-0.3, -0.25) is 88.1 Å². The van der Waals surface area contributed by atoms with E-state index in [9.17, 15) is 33.9 Å². The first kappa shape index (κ1) is 106. The Morgan fingerprint density at radius 2 is 0.682 bits per heavy atom. The van der Waals surface area contributed by atoms with Crippen molar-refractivity contribution in [3.63, 3.8) is 0 Å². The Morgan fingerprint density at radius 1 is 0.378 bits per heavy atom. The number of anilines is 6. The molecule has 8 atom stereocenters. The Kier molecular flexibility index (Phi) is 33.4. The number of carbonyl (C=O) groups excluding carboxylic acids is 6. The molecule has 4 bridgehead atoms. The fraction of sp³-hybridized carbons (Fsp3) is 0.607. The lowest BCUT2D eigenvalue weighted by atomic mass is 9.82. The molecule has 0 unspecified atom stereocenters. The van der Waals surface area contributed by atoms with Crippen LogP contribution in [-0.2, 0) is 52.5 Å². The SMILES string of the molecule is C[C@@H](CC(=O)Nc1nc2ccc(Cl)nc2n1C1CCC1)OC(C)(C)C.C[C@@H](CC(=O)Nc1nc2cccnc2n1C1CCC1)OC(C)(C)C.O=C(CC1(O)CCCCC1)Nc1nc2ccc(Cl)nc2n1C1CCC1.O=C(CCOCC1CC1)Nc1nc2ccc(Cl)nc2n1C1CCC1.O=C(C[C@@H]1C[C@@H]2CC[C@H]1O2)Nc1nc2ccc(Cl)nc2n1C1CCC1.O=C(C[C@H]1C[C@@H]2CC[C@H]1O2)Nc1nc2ccc(Cl)nc2n1C1CCC1. The summed E-state index contributed by atoms with van der Waals surface area (Å²) in [6, 6.07) is 23.6. The van der Waals surface area contributed by atoms with Gasteiger partial charge in [0.2, 0.25) is 71.1 Å². The molecule has 16 heterocycles. The van der Waals surface area contributed by atoms with E-state index in [1.54, 1.807) is 36.5 Å². The summed E-state index contributed by atoms with van der Waals surface area (Å²) in [6.07, 6.45) is 38.3. The quantitative estimate of drug-likeness (QED) is 0.0169. The van der Waals surface area contributed by atoms with Crippen molar-refractivity contribution >= 4 is 196 Å². The Balaban J connectivity index is 0.000000112. The first-order chi connectivity index (χ1) is 71.1. The van der Waals surface area contributed by atoms with E-state index in [2.05, 4.69) is 105 Å². The molecule has 12 aliphatic rings. The van der Waals surface area contributed by atoms with Crippen LogP contribution < -0.4 is 31.9 Å². The summed E-state index contributed by atoms with van der Waals surface area (Å²) in [5, 5.41) is 30.6. The van der Waals surface area contributed by atoms with Crippen molar-refractivity contribution in [2.45, 2.75) is 383 Å². The molecule has 7 N–H and O–H groups in total. The molecule has 4 saturated heterocycles. The number of pyridine rings is 6. The Labute approximate surface area is 885 Å². The van der Waals surface area contributed by atoms with Crippen molar-refractivity contribution in [3.8, 4) is 0 Å². The van der Waals surface area contributed by atoms with Crippen LogP contribution in [0.3, 0.4) is 0 Å². The zero-order chi connectivity index (χ0) is 103. The Morgan fingerprint density at radius 3 is 0.973 bits per heavy atom. The van der Waals surface area contributed by atoms with Crippen LogP contribution in [0.1, 0.15) is 329 Å². The number of hydrogen-bond donors (Lipinski definition) is 7. The number of amides is 6. The molecule has 12 aromatic heterocycles. The molecule has 8 saturated carbocycles. The van der Waals surface area contributed by atoms with Gasteiger partial charge in [0.15, 0.2) is 33.9 Å². The molecule has 792 valence electrons. The highest BCUT2D eigenvalue weighted by Gasteiger charge is 2.45. The number of imidazole rings is 6. The second-order valence-electron chi connectivity index (χ2n) is 44.2. The predicted molar refractivity (Wildman–Crippen MR) is 571 cm³/mol. The minimum absolute atomic E-state index is 0.0168. The highest BCUT2D eigenvalue weighted by Crippen LogP contribution is 2.47. The molecular weight excluding hydrogens is 1990 g/mol. The maximum atomic E-state index is 12.6. The van der Waals surface area contributed by atoms with Crippen LogP contribution in [0.5, 0.6) is 0 Å². The zero-order valence-corrected chi connectivity index (χ0v) is 89.4. The van der Waals surface area contributed by atoms with E-state index < -0.39 is 5.60 Å². The van der Waals surface area contributed by atoms with Crippen LogP contribution in [0.2, 0.25) is 25.8 Å². The lowest BCUT2D eigenvalue weighted by Gasteiger charge is -2.32. The first-order valence-corrected chi connectivity index (χ1v) is 55.4. The number of ether oxygens (including phenoxy) is 5. The minimum Gasteiger partial charge on any atom is -0.389 e. The highest BCUT2D eigenvalue weighted by atomic mass is 35.5. The summed E-state index contributed by atoms with van der Waals surface area (Å²) in [7, 11) is 0. The molecule has 4 aliphatic heterocycles. The maximum absolute atomic E-state index is 12.6. The van der Waals surface area contributed by atoms with Gasteiger partial charge in [-0.15, -0.1) is 0 Å². The maximum Gasteiger partial charge on any atom is 0.229 e. The number of aromatic nitrogens is 18. The minimum atomic E-state index is -0.878. The van der Waals surface area contributed by atoms with E-state index in [0.717, 1.165) is 209 Å². The van der Waals surface area contributed by atoms with Crippen molar-refractivity contribution in [1.82, 2.24) is 87.2 Å². The number of aliphatic hydroxyl groups is 1. The number of nitrogens with zero attached hydrogens (tertiary/aromatic N) is 18. The third-order valence-corrected chi connectivity index (χ3v) is 31.4. The molecule has 24 rings (SSSR count). The summed E-state index contributed by atoms with van der Waals surface area (Å²) < 4.78 is 41.1. The summed E-state index contributed by atoms with van der Waals surface area (Å²) in [6.45, 7) is 17.0. The lowest BCUT2D eigenvalue weighted by molar-refractivity contribution is -0.123. The number of hydrogen-bond acceptors (Lipinski definition) is 24. The number of halogens is 5. The van der Waals surface area contributed by atoms with Gasteiger partial charge in [-0.05, 0) is 326 Å². The average molecular weight is 2130 g/mol. The molecule has 0 spiro atoms. The van der Waals surface area contributed by atoms with Gasteiger partial charge in [-0.25, -0.2) is 59.8 Å². The van der Waals surface area contributed by atoms with E-state index in [1.807, 2.05) is 112 Å². The predicted octanol–water partition coefficient (Wildman–Crippen LogP) is 22.8. The van der Waals surface area contributed by atoms with Crippen LogP contribution >= 0.6 is 58.0 Å². The van der Waals surface area contributed by atoms with Crippen molar-refractivity contribution < 1.29 is 57.6 Å². The molecular formula is C107H137Cl5N24O12. The fourth-order valence-electron chi connectivity index (χ4n) is 21.8. The van der Waals surface area contributed by atoms with E-state index >= 15 is 0 Å². The van der Waals surface area contributed by atoms with E-state index in [4.69, 9.17) is 81.7 Å². The number of fused-ring (bicyclic) bond motifs is 10. The number of carbonyl (C=O) groups is 6. The normalized spacial score (nSPS) is 21.5. The van der Waals surface area contributed by atoms with Gasteiger partial charge in [-0.1, -0.05) is 77.3 Å². The zero-order valence-electron chi connectivity index (χ0n) is 85.6. The summed E-state index contributed by atoms with van der Waals surface area (Å²) >= 11 is 30.3. The highest BCUT2D eigenvalue weighted by molar-refractivity contribution is 6.31. The van der Waals surface area contributed by atoms with Gasteiger partial charge in [0.25, 0.3) is 0 Å². The smallest absolute Gasteiger partial charge is 0.229 e. The molecule has 0 radical (unpaired) electrons. The van der Waals surface area contributed by atoms with Crippen LogP contribution in [0.25, 0.3) is 67.0 Å². The second kappa shape index (κ2) is 46.5. The van der Waals surface area contributed by atoms with Gasteiger partial charge in [0.1, 0.15) is 58.9 Å². The monoisotopic (exact) mass is 2120 g/mol. The summed E-state index contributed by atoms with van der Waals surface area (Å²) in [4.78, 5) is 129. The number of rotatable bonds is 29. The molecule has 148 heavy (non-hydrogen) atoms. The molecule has 12 aromatic rings. The van der Waals surface area contributed by atoms with Crippen molar-refractivity contribution in [1.29, 1.82) is 0 Å². The third kappa shape index (κ3) is 26.2. The average Bonchev–Trinajstić information content (AvgIpc) is 1.63. The van der Waals surface area contributed by atoms with Crippen molar-refractivity contribution in [2.75, 3.05) is 45.1 Å². The molecule has 6 amide bonds. The summed E-state index contributed by atoms with van der Waals surface area (Å²) in [5.74, 6) is 4.39. The van der Waals surface area contributed by atoms with E-state index in [-0.39, 0.29) is 83.9 Å². The molecule has 36 nitrogen and oxygen atoms in total. The molecule has 8 aliphatic carbocycles. The second-order valence-corrected chi connectivity index (χ2v) is 46.2. The van der Waals surface area contributed by atoms with Crippen LogP contribution in [0.15, 0.2) is 79.0 Å². The summed E-state index contributed by atoms with van der Waals surface area (Å²) in [5.41, 5.74) is 7.72. The van der Waals surface area contributed by atoms with Crippen LogP contribution in [0, 0.1) is 17.8 Å². The van der Waals surface area contributed by atoms with E-state index in [1.165, 1.54) is 44.9 Å². The van der Waals surface area contributed by atoms with Gasteiger partial charge in [-0.2, -0.15) is 0 Å². The first-order valence-electron chi connectivity index (χ1n) is 53.5. The standard InChI is InChI=1S/2C18H21ClN4O2.C18H23ClN4O2.C18H25ClN4O2.C18H26N4O2.C17H21ClN4O2/c2*19-15-7-5-13-17(21-15)23(11-2-1-3-11)18(20-13)22-16(24)9-10-8-12-4-6-14(10)25-12;19-14-8-7-13-16(21-14)23(12-5-4-6-12)17(20-13)22-15(24)11-18(25)9-2-1-3-10-18;1-11(25-18(2,3)4)10-15(24)22-17-20-13-8-9-14(19)21-16(13)23(17)12-6-5-7-12;1-12(24-18(2,3)4)11-15(23)21-17-20-14-9-6-10-19-16(14)22(17)13-7-5-8-13;18-14-7-6-13-16(20-14)22(12-2-1-3-12)17(19-13)21-15(23)8-9-24-10-11-4-5-11/h2*5,7,10-12,14H,1-4,6,8-9H2,(H,20,22,24);7-8,12,25H,1-6,9-11H2,(H,20,22,24);8-9,11-12H,5-7,10H2,1-4H3,(H,20,22,24);6,9-10,12-13H,5,7-8,11H2,1-4H3,(H,20,21,23);6-7,11-12H,1-5,8-10H2,(H,19,21,23)/t10-,12+,14-;10-,12-,14+;;11-;12-;/m10.00./s1. The van der Waals surface area contributed by atoms with Gasteiger partial charge in [0.05, 0.1) is 85.7 Å². The molecule has 41 heteroatoms. The van der Waals surface area contributed by atoms with Gasteiger partial charge in [0, 0.05) is 61.9 Å². The molecule has 0 aromatic carbocycles. The van der Waals surface area contributed by atoms with Crippen molar-refractivity contribution in [2.24, 2.45) is 17.8 Å². The molecule has 12 fully saturated rings. The fourth-order valence-corrected chi connectivity index (χ4v) is 22.5. The van der Waals surface area contributed by atoms with E-state index in [0.29, 0.717) is 178 Å². The van der Waals surface area contributed by atoms with Crippen LogP contribution in [0.4, 0.5) is 35.7 Å². The van der Waals surface area contributed by atoms with Gasteiger partial charge >= 0.3 is 0 Å². The Bertz CT molecular complexity index is 6640. The largest absolute Gasteiger partial charge is 0.389 e.